The van der Waals surface area contributed by atoms with Crippen LogP contribution in [0.15, 0.2) is 35.1 Å². The lowest BCUT2D eigenvalue weighted by Gasteiger charge is -2.03. The summed E-state index contributed by atoms with van der Waals surface area (Å²) < 4.78 is 13.0. The maximum Gasteiger partial charge on any atom is 0.264 e. The summed E-state index contributed by atoms with van der Waals surface area (Å²) in [6.07, 6.45) is 0. The molecule has 76 valence electrons. The highest BCUT2D eigenvalue weighted by molar-refractivity contribution is 5.62. The van der Waals surface area contributed by atoms with Crippen molar-refractivity contribution in [1.29, 1.82) is 0 Å². The van der Waals surface area contributed by atoms with E-state index in [9.17, 15) is 9.18 Å². The maximum absolute atomic E-state index is 13.0. The summed E-state index contributed by atoms with van der Waals surface area (Å²) in [5.74, 6) is -0.316. The Labute approximate surface area is 85.6 Å². The van der Waals surface area contributed by atoms with Crippen LogP contribution < -0.4 is 5.56 Å². The second-order valence-corrected chi connectivity index (χ2v) is 3.27. The molecule has 0 bridgehead atoms. The standard InChI is InChI=1S/C11H9FN2O/c1-7-2-3-8(12)6-9(7)10-4-5-11(15)14-13-10/h2-6H,1H3,(H,14,15). The van der Waals surface area contributed by atoms with Crippen LogP contribution in [0.3, 0.4) is 0 Å². The number of aromatic nitrogens is 2. The van der Waals surface area contributed by atoms with Gasteiger partial charge in [0, 0.05) is 11.6 Å². The van der Waals surface area contributed by atoms with E-state index in [4.69, 9.17) is 0 Å². The van der Waals surface area contributed by atoms with Crippen molar-refractivity contribution in [2.75, 3.05) is 0 Å². The van der Waals surface area contributed by atoms with Crippen LogP contribution in [0.25, 0.3) is 11.3 Å². The molecule has 3 nitrogen and oxygen atoms in total. The summed E-state index contributed by atoms with van der Waals surface area (Å²) in [5, 5.41) is 6.16. The Morgan fingerprint density at radius 1 is 1.27 bits per heavy atom. The van der Waals surface area contributed by atoms with Crippen LogP contribution in [-0.2, 0) is 0 Å². The molecule has 1 heterocycles. The summed E-state index contributed by atoms with van der Waals surface area (Å²) in [4.78, 5) is 10.8. The van der Waals surface area contributed by atoms with E-state index in [2.05, 4.69) is 10.2 Å². The van der Waals surface area contributed by atoms with Gasteiger partial charge in [-0.3, -0.25) is 4.79 Å². The van der Waals surface area contributed by atoms with E-state index >= 15 is 0 Å². The van der Waals surface area contributed by atoms with Crippen LogP contribution in [0, 0.1) is 12.7 Å². The molecular weight excluding hydrogens is 195 g/mol. The van der Waals surface area contributed by atoms with E-state index in [0.29, 0.717) is 11.3 Å². The number of hydrogen-bond donors (Lipinski definition) is 1. The van der Waals surface area contributed by atoms with Gasteiger partial charge in [-0.25, -0.2) is 9.49 Å². The minimum atomic E-state index is -0.316. The normalized spacial score (nSPS) is 10.3. The predicted octanol–water partition coefficient (Wildman–Crippen LogP) is 1.88. The lowest BCUT2D eigenvalue weighted by molar-refractivity contribution is 0.628. The van der Waals surface area contributed by atoms with Crippen molar-refractivity contribution < 1.29 is 4.39 Å². The van der Waals surface area contributed by atoms with Crippen LogP contribution in [0.4, 0.5) is 4.39 Å². The molecule has 4 heteroatoms. The maximum atomic E-state index is 13.0. The van der Waals surface area contributed by atoms with Gasteiger partial charge in [-0.1, -0.05) is 6.07 Å². The van der Waals surface area contributed by atoms with Crippen LogP contribution in [0.2, 0.25) is 0 Å². The number of nitrogens with one attached hydrogen (secondary N) is 1. The third-order valence-corrected chi connectivity index (χ3v) is 2.15. The molecule has 1 N–H and O–H groups in total. The third kappa shape index (κ3) is 1.93. The fraction of sp³-hybridized carbons (Fsp3) is 0.0909. The first-order valence-corrected chi connectivity index (χ1v) is 4.49. The average molecular weight is 204 g/mol. The van der Waals surface area contributed by atoms with Crippen molar-refractivity contribution in [3.8, 4) is 11.3 Å². The molecular formula is C11H9FN2O. The van der Waals surface area contributed by atoms with Gasteiger partial charge in [-0.05, 0) is 30.7 Å². The summed E-state index contributed by atoms with van der Waals surface area (Å²) in [5.41, 5.74) is 1.89. The van der Waals surface area contributed by atoms with E-state index in [-0.39, 0.29) is 11.4 Å². The quantitative estimate of drug-likeness (QED) is 0.770. The van der Waals surface area contributed by atoms with E-state index in [1.807, 2.05) is 6.92 Å². The molecule has 0 saturated heterocycles. The Hall–Kier alpha value is -1.97. The van der Waals surface area contributed by atoms with E-state index < -0.39 is 0 Å². The van der Waals surface area contributed by atoms with Gasteiger partial charge in [-0.15, -0.1) is 0 Å². The van der Waals surface area contributed by atoms with E-state index in [1.54, 1.807) is 12.1 Å². The number of benzene rings is 1. The largest absolute Gasteiger partial charge is 0.268 e. The highest BCUT2D eigenvalue weighted by Crippen LogP contribution is 2.20. The van der Waals surface area contributed by atoms with Crippen molar-refractivity contribution in [3.05, 3.63) is 52.1 Å². The fourth-order valence-electron chi connectivity index (χ4n) is 1.36. The van der Waals surface area contributed by atoms with Gasteiger partial charge >= 0.3 is 0 Å². The minimum absolute atomic E-state index is 0.271. The summed E-state index contributed by atoms with van der Waals surface area (Å²) in [7, 11) is 0. The SMILES string of the molecule is Cc1ccc(F)cc1-c1ccc(=O)[nH]n1. The van der Waals surface area contributed by atoms with Gasteiger partial charge in [0.2, 0.25) is 0 Å². The van der Waals surface area contributed by atoms with Gasteiger partial charge in [0.25, 0.3) is 5.56 Å². The van der Waals surface area contributed by atoms with Crippen molar-refractivity contribution >= 4 is 0 Å². The zero-order valence-electron chi connectivity index (χ0n) is 8.12. The Kier molecular flexibility index (Phi) is 2.33. The molecule has 0 radical (unpaired) electrons. The molecule has 0 amide bonds. The number of nitrogens with zero attached hydrogens (tertiary/aromatic N) is 1. The Morgan fingerprint density at radius 3 is 2.73 bits per heavy atom. The molecule has 0 unspecified atom stereocenters. The number of rotatable bonds is 1. The monoisotopic (exact) mass is 204 g/mol. The van der Waals surface area contributed by atoms with Gasteiger partial charge in [0.05, 0.1) is 5.69 Å². The summed E-state index contributed by atoms with van der Waals surface area (Å²) in [6.45, 7) is 1.86. The first-order valence-electron chi connectivity index (χ1n) is 4.49. The molecule has 0 atom stereocenters. The molecule has 15 heavy (non-hydrogen) atoms. The molecule has 1 aromatic heterocycles. The number of aromatic amines is 1. The minimum Gasteiger partial charge on any atom is -0.268 e. The lowest BCUT2D eigenvalue weighted by atomic mass is 10.1. The number of aryl methyl sites for hydroxylation is 1. The molecule has 2 aromatic rings. The summed E-state index contributed by atoms with van der Waals surface area (Å²) >= 11 is 0. The Balaban J connectivity index is 2.58. The summed E-state index contributed by atoms with van der Waals surface area (Å²) in [6, 6.07) is 7.41. The highest BCUT2D eigenvalue weighted by Gasteiger charge is 2.04. The fourth-order valence-corrected chi connectivity index (χ4v) is 1.36. The molecule has 2 rings (SSSR count). The van der Waals surface area contributed by atoms with E-state index in [1.165, 1.54) is 18.2 Å². The third-order valence-electron chi connectivity index (χ3n) is 2.15. The molecule has 0 aliphatic heterocycles. The zero-order valence-corrected chi connectivity index (χ0v) is 8.12. The van der Waals surface area contributed by atoms with E-state index in [0.717, 1.165) is 5.56 Å². The molecule has 0 fully saturated rings. The first kappa shape index (κ1) is 9.58. The molecule has 0 aliphatic rings. The topological polar surface area (TPSA) is 45.8 Å². The van der Waals surface area contributed by atoms with Crippen LogP contribution in [0.1, 0.15) is 5.56 Å². The smallest absolute Gasteiger partial charge is 0.264 e. The van der Waals surface area contributed by atoms with Crippen molar-refractivity contribution in [3.63, 3.8) is 0 Å². The zero-order chi connectivity index (χ0) is 10.8. The van der Waals surface area contributed by atoms with Gasteiger partial charge in [0.1, 0.15) is 5.82 Å². The van der Waals surface area contributed by atoms with Gasteiger partial charge in [-0.2, -0.15) is 5.10 Å². The Morgan fingerprint density at radius 2 is 2.07 bits per heavy atom. The average Bonchev–Trinajstić information content (AvgIpc) is 2.23. The second kappa shape index (κ2) is 3.65. The number of halogens is 1. The molecule has 0 aliphatic carbocycles. The van der Waals surface area contributed by atoms with Crippen molar-refractivity contribution in [2.45, 2.75) is 6.92 Å². The first-order chi connectivity index (χ1) is 7.16. The van der Waals surface area contributed by atoms with Crippen LogP contribution in [0.5, 0.6) is 0 Å². The van der Waals surface area contributed by atoms with Gasteiger partial charge < -0.3 is 0 Å². The Bertz CT molecular complexity index is 528. The lowest BCUT2D eigenvalue weighted by Crippen LogP contribution is -2.05. The molecule has 1 aromatic carbocycles. The molecule has 0 saturated carbocycles. The van der Waals surface area contributed by atoms with Crippen molar-refractivity contribution in [1.82, 2.24) is 10.2 Å². The van der Waals surface area contributed by atoms with Crippen LogP contribution >= 0.6 is 0 Å². The van der Waals surface area contributed by atoms with Gasteiger partial charge in [0.15, 0.2) is 0 Å². The predicted molar refractivity (Wildman–Crippen MR) is 55.0 cm³/mol. The molecule has 0 spiro atoms. The van der Waals surface area contributed by atoms with Crippen molar-refractivity contribution in [2.24, 2.45) is 0 Å². The number of H-pyrrole nitrogens is 1. The highest BCUT2D eigenvalue weighted by atomic mass is 19.1. The second-order valence-electron chi connectivity index (χ2n) is 3.27. The number of hydrogen-bond acceptors (Lipinski definition) is 2. The van der Waals surface area contributed by atoms with Crippen LogP contribution in [-0.4, -0.2) is 10.2 Å².